The van der Waals surface area contributed by atoms with Crippen LogP contribution in [0.3, 0.4) is 0 Å². The molecule has 0 unspecified atom stereocenters. The third kappa shape index (κ3) is 8.23. The molecule has 9 heteroatoms. The van der Waals surface area contributed by atoms with Crippen LogP contribution in [-0.2, 0) is 9.59 Å². The summed E-state index contributed by atoms with van der Waals surface area (Å²) in [5, 5.41) is 9.49. The average molecular weight is 591 g/mol. The topological polar surface area (TPSA) is 87.3 Å². The second kappa shape index (κ2) is 13.8. The quantitative estimate of drug-likeness (QED) is 0.140. The zero-order valence-electron chi connectivity index (χ0n) is 21.4. The van der Waals surface area contributed by atoms with E-state index in [9.17, 15) is 14.4 Å². The summed E-state index contributed by atoms with van der Waals surface area (Å²) in [6, 6.07) is 28.0. The van der Waals surface area contributed by atoms with Crippen LogP contribution < -0.4 is 16.0 Å². The Morgan fingerprint density at radius 1 is 0.825 bits per heavy atom. The zero-order valence-corrected chi connectivity index (χ0v) is 23.7. The highest BCUT2D eigenvalue weighted by Crippen LogP contribution is 2.25. The number of carbonyl (C=O) groups is 3. The minimum Gasteiger partial charge on any atom is -0.325 e. The number of anilines is 2. The van der Waals surface area contributed by atoms with Crippen LogP contribution in [0.5, 0.6) is 0 Å². The van der Waals surface area contributed by atoms with Crippen LogP contribution >= 0.6 is 35.0 Å². The van der Waals surface area contributed by atoms with Crippen molar-refractivity contribution in [2.75, 3.05) is 16.4 Å². The van der Waals surface area contributed by atoms with Gasteiger partial charge in [0.25, 0.3) is 11.8 Å². The highest BCUT2D eigenvalue weighted by molar-refractivity contribution is 8.00. The Labute approximate surface area is 246 Å². The molecular formula is C31H25Cl2N3O3S. The minimum atomic E-state index is -0.499. The summed E-state index contributed by atoms with van der Waals surface area (Å²) in [5.74, 6) is -0.865. The van der Waals surface area contributed by atoms with Gasteiger partial charge in [-0.2, -0.15) is 0 Å². The Kier molecular flexibility index (Phi) is 10.0. The summed E-state index contributed by atoms with van der Waals surface area (Å²) in [6.45, 7) is 1.85. The first-order chi connectivity index (χ1) is 19.3. The summed E-state index contributed by atoms with van der Waals surface area (Å²) in [5.41, 5.74) is 3.15. The van der Waals surface area contributed by atoms with Crippen LogP contribution in [0, 0.1) is 6.92 Å². The SMILES string of the molecule is Cc1c(Cl)cccc1NC(=O)CSc1ccc(NC(=O)/C(=C/c2cccc(Cl)c2)NC(=O)c2ccccc2)cc1. The minimum absolute atomic E-state index is 0.0579. The molecule has 0 bridgehead atoms. The Morgan fingerprint density at radius 3 is 2.27 bits per heavy atom. The molecule has 3 N–H and O–H groups in total. The Hall–Kier alpha value is -4.04. The van der Waals surface area contributed by atoms with E-state index in [1.54, 1.807) is 103 Å². The molecule has 40 heavy (non-hydrogen) atoms. The lowest BCUT2D eigenvalue weighted by Gasteiger charge is -2.12. The summed E-state index contributed by atoms with van der Waals surface area (Å²) in [6.07, 6.45) is 1.56. The molecule has 4 aromatic carbocycles. The molecular weight excluding hydrogens is 565 g/mol. The lowest BCUT2D eigenvalue weighted by molar-refractivity contribution is -0.114. The van der Waals surface area contributed by atoms with Gasteiger partial charge < -0.3 is 16.0 Å². The standard InChI is InChI=1S/C31H25Cl2N3O3S/c1-20-26(33)11-6-12-27(20)35-29(37)19-40-25-15-13-24(14-16-25)34-31(39)28(18-21-7-5-10-23(32)17-21)36-30(38)22-8-3-2-4-9-22/h2-18H,19H2,1H3,(H,34,39)(H,35,37)(H,36,38)/b28-18-. The molecule has 0 aromatic heterocycles. The fraction of sp³-hybridized carbons (Fsp3) is 0.0645. The molecule has 0 heterocycles. The van der Waals surface area contributed by atoms with Gasteiger partial charge in [0, 0.05) is 31.9 Å². The fourth-order valence-electron chi connectivity index (χ4n) is 3.62. The second-order valence-electron chi connectivity index (χ2n) is 8.66. The number of hydrogen-bond donors (Lipinski definition) is 3. The van der Waals surface area contributed by atoms with E-state index in [0.717, 1.165) is 10.5 Å². The van der Waals surface area contributed by atoms with Gasteiger partial charge in [-0.05, 0) is 84.8 Å². The van der Waals surface area contributed by atoms with Gasteiger partial charge in [-0.1, -0.05) is 59.6 Å². The highest BCUT2D eigenvalue weighted by atomic mass is 35.5. The Balaban J connectivity index is 1.41. The van der Waals surface area contributed by atoms with E-state index in [0.29, 0.717) is 32.5 Å². The first-order valence-electron chi connectivity index (χ1n) is 12.2. The first kappa shape index (κ1) is 29.0. The number of carbonyl (C=O) groups excluding carboxylic acids is 3. The molecule has 0 radical (unpaired) electrons. The van der Waals surface area contributed by atoms with E-state index in [4.69, 9.17) is 23.2 Å². The van der Waals surface area contributed by atoms with Crippen LogP contribution in [-0.4, -0.2) is 23.5 Å². The number of amides is 3. The molecule has 0 aliphatic rings. The van der Waals surface area contributed by atoms with Crippen LogP contribution in [0.1, 0.15) is 21.5 Å². The van der Waals surface area contributed by atoms with Crippen molar-refractivity contribution >= 4 is 70.1 Å². The van der Waals surface area contributed by atoms with E-state index in [-0.39, 0.29) is 17.4 Å². The van der Waals surface area contributed by atoms with Gasteiger partial charge in [0.2, 0.25) is 5.91 Å². The maximum absolute atomic E-state index is 13.2. The summed E-state index contributed by atoms with van der Waals surface area (Å²) in [4.78, 5) is 39.3. The normalized spacial score (nSPS) is 11.0. The summed E-state index contributed by atoms with van der Waals surface area (Å²) >= 11 is 13.6. The van der Waals surface area contributed by atoms with Crippen molar-refractivity contribution in [1.82, 2.24) is 5.32 Å². The molecule has 4 rings (SSSR count). The molecule has 0 saturated carbocycles. The van der Waals surface area contributed by atoms with Gasteiger partial charge in [0.1, 0.15) is 5.70 Å². The van der Waals surface area contributed by atoms with Gasteiger partial charge in [-0.15, -0.1) is 11.8 Å². The summed E-state index contributed by atoms with van der Waals surface area (Å²) < 4.78 is 0. The van der Waals surface area contributed by atoms with Crippen molar-refractivity contribution in [2.24, 2.45) is 0 Å². The molecule has 0 atom stereocenters. The van der Waals surface area contributed by atoms with Crippen LogP contribution in [0.25, 0.3) is 6.08 Å². The van der Waals surface area contributed by atoms with Crippen LogP contribution in [0.15, 0.2) is 108 Å². The van der Waals surface area contributed by atoms with Crippen LogP contribution in [0.4, 0.5) is 11.4 Å². The van der Waals surface area contributed by atoms with Gasteiger partial charge in [-0.25, -0.2) is 0 Å². The van der Waals surface area contributed by atoms with Gasteiger partial charge in [-0.3, -0.25) is 14.4 Å². The molecule has 202 valence electrons. The highest BCUT2D eigenvalue weighted by Gasteiger charge is 2.15. The van der Waals surface area contributed by atoms with Gasteiger partial charge in [0.15, 0.2) is 0 Å². The Morgan fingerprint density at radius 2 is 1.55 bits per heavy atom. The number of halogens is 2. The maximum Gasteiger partial charge on any atom is 0.272 e. The molecule has 0 aliphatic carbocycles. The Bertz CT molecular complexity index is 1560. The fourth-order valence-corrected chi connectivity index (χ4v) is 4.69. The average Bonchev–Trinajstić information content (AvgIpc) is 2.95. The van der Waals surface area contributed by atoms with E-state index in [2.05, 4.69) is 16.0 Å². The number of thioether (sulfide) groups is 1. The third-order valence-corrected chi connectivity index (χ3v) is 7.37. The molecule has 0 aliphatic heterocycles. The van der Waals surface area contributed by atoms with Gasteiger partial charge in [0.05, 0.1) is 5.75 Å². The molecule has 6 nitrogen and oxygen atoms in total. The van der Waals surface area contributed by atoms with Crippen LogP contribution in [0.2, 0.25) is 10.0 Å². The van der Waals surface area contributed by atoms with Crippen molar-refractivity contribution in [3.63, 3.8) is 0 Å². The van der Waals surface area contributed by atoms with E-state index < -0.39 is 11.8 Å². The lowest BCUT2D eigenvalue weighted by Crippen LogP contribution is -2.30. The van der Waals surface area contributed by atoms with Crippen molar-refractivity contribution in [1.29, 1.82) is 0 Å². The number of benzene rings is 4. The van der Waals surface area contributed by atoms with E-state index in [1.807, 2.05) is 6.92 Å². The third-order valence-electron chi connectivity index (χ3n) is 5.71. The summed E-state index contributed by atoms with van der Waals surface area (Å²) in [7, 11) is 0. The molecule has 4 aromatic rings. The van der Waals surface area contributed by atoms with Crippen molar-refractivity contribution in [2.45, 2.75) is 11.8 Å². The van der Waals surface area contributed by atoms with Crippen molar-refractivity contribution < 1.29 is 14.4 Å². The number of rotatable bonds is 9. The molecule has 0 saturated heterocycles. The van der Waals surface area contributed by atoms with Gasteiger partial charge >= 0.3 is 0 Å². The maximum atomic E-state index is 13.2. The lowest BCUT2D eigenvalue weighted by atomic mass is 10.1. The predicted octanol–water partition coefficient (Wildman–Crippen LogP) is 7.44. The van der Waals surface area contributed by atoms with Crippen molar-refractivity contribution in [3.05, 3.63) is 129 Å². The zero-order chi connectivity index (χ0) is 28.5. The van der Waals surface area contributed by atoms with E-state index >= 15 is 0 Å². The number of nitrogens with one attached hydrogen (secondary N) is 3. The smallest absolute Gasteiger partial charge is 0.272 e. The molecule has 0 fully saturated rings. The largest absolute Gasteiger partial charge is 0.325 e. The predicted molar refractivity (Wildman–Crippen MR) is 164 cm³/mol. The number of hydrogen-bond acceptors (Lipinski definition) is 4. The first-order valence-corrected chi connectivity index (χ1v) is 14.0. The van der Waals surface area contributed by atoms with E-state index in [1.165, 1.54) is 11.8 Å². The second-order valence-corrected chi connectivity index (χ2v) is 10.6. The molecule has 3 amide bonds. The van der Waals surface area contributed by atoms with Crippen molar-refractivity contribution in [3.8, 4) is 0 Å². The molecule has 0 spiro atoms. The monoisotopic (exact) mass is 589 g/mol.